The SMILES string of the molecule is N#Cc1cc(C#N)cc(-c2ccc(-n3c4ccccc4c4ccccc43)cc2-c2ccccc2)c1. The van der Waals surface area contributed by atoms with Crippen molar-refractivity contribution in [2.45, 2.75) is 0 Å². The van der Waals surface area contributed by atoms with E-state index >= 15 is 0 Å². The molecule has 0 amide bonds. The van der Waals surface area contributed by atoms with Crippen molar-refractivity contribution in [1.82, 2.24) is 4.57 Å². The molecule has 0 bridgehead atoms. The first-order valence-corrected chi connectivity index (χ1v) is 11.4. The van der Waals surface area contributed by atoms with Crippen molar-refractivity contribution in [3.8, 4) is 40.1 Å². The fourth-order valence-corrected chi connectivity index (χ4v) is 4.89. The molecule has 0 spiro atoms. The summed E-state index contributed by atoms with van der Waals surface area (Å²) in [4.78, 5) is 0. The van der Waals surface area contributed by atoms with E-state index in [0.717, 1.165) is 39.0 Å². The van der Waals surface area contributed by atoms with Crippen LogP contribution in [0.1, 0.15) is 11.1 Å². The minimum atomic E-state index is 0.476. The molecule has 0 unspecified atom stereocenters. The number of hydrogen-bond acceptors (Lipinski definition) is 2. The first kappa shape index (κ1) is 20.5. The molecule has 0 saturated carbocycles. The van der Waals surface area contributed by atoms with E-state index in [-0.39, 0.29) is 0 Å². The molecule has 6 aromatic rings. The third-order valence-electron chi connectivity index (χ3n) is 6.43. The molecule has 0 N–H and O–H groups in total. The smallest absolute Gasteiger partial charge is 0.0992 e. The summed E-state index contributed by atoms with van der Waals surface area (Å²) in [5.74, 6) is 0. The normalized spacial score (nSPS) is 10.8. The van der Waals surface area contributed by atoms with E-state index in [1.165, 1.54) is 10.8 Å². The van der Waals surface area contributed by atoms with Gasteiger partial charge in [-0.2, -0.15) is 10.5 Å². The summed E-state index contributed by atoms with van der Waals surface area (Å²) in [5.41, 5.74) is 8.27. The summed E-state index contributed by atoms with van der Waals surface area (Å²) in [6.07, 6.45) is 0. The summed E-state index contributed by atoms with van der Waals surface area (Å²) >= 11 is 0. The molecular weight excluding hydrogens is 426 g/mol. The monoisotopic (exact) mass is 445 g/mol. The quantitative estimate of drug-likeness (QED) is 0.278. The van der Waals surface area contributed by atoms with Gasteiger partial charge in [0.05, 0.1) is 34.3 Å². The maximum atomic E-state index is 9.52. The Kier molecular flexibility index (Phi) is 4.88. The molecule has 3 heteroatoms. The number of aromatic nitrogens is 1. The van der Waals surface area contributed by atoms with E-state index in [9.17, 15) is 10.5 Å². The number of hydrogen-bond donors (Lipinski definition) is 0. The van der Waals surface area contributed by atoms with Crippen LogP contribution in [0, 0.1) is 22.7 Å². The van der Waals surface area contributed by atoms with Crippen LogP contribution in [0.3, 0.4) is 0 Å². The Morgan fingerprint density at radius 2 is 1.06 bits per heavy atom. The lowest BCUT2D eigenvalue weighted by Crippen LogP contribution is -1.96. The highest BCUT2D eigenvalue weighted by molar-refractivity contribution is 6.09. The van der Waals surface area contributed by atoms with E-state index in [1.54, 1.807) is 6.07 Å². The highest BCUT2D eigenvalue weighted by atomic mass is 15.0. The van der Waals surface area contributed by atoms with Gasteiger partial charge in [0.2, 0.25) is 0 Å². The number of fused-ring (bicyclic) bond motifs is 3. The molecule has 1 heterocycles. The van der Waals surface area contributed by atoms with Crippen molar-refractivity contribution in [2.75, 3.05) is 0 Å². The van der Waals surface area contributed by atoms with Crippen LogP contribution in [0.2, 0.25) is 0 Å². The van der Waals surface area contributed by atoms with Crippen LogP contribution in [0.25, 0.3) is 49.7 Å². The maximum Gasteiger partial charge on any atom is 0.0992 e. The minimum absolute atomic E-state index is 0.476. The number of nitrogens with zero attached hydrogens (tertiary/aromatic N) is 3. The molecule has 0 radical (unpaired) electrons. The standard InChI is InChI=1S/C32H19N3/c33-20-22-16-23(21-34)18-25(17-22)27-15-14-26(19-30(27)24-8-2-1-3-9-24)35-31-12-6-4-10-28(31)29-11-5-7-13-32(29)35/h1-19H. The van der Waals surface area contributed by atoms with Crippen molar-refractivity contribution in [1.29, 1.82) is 10.5 Å². The van der Waals surface area contributed by atoms with Gasteiger partial charge in [-0.1, -0.05) is 72.8 Å². The molecule has 0 aliphatic rings. The molecule has 162 valence electrons. The summed E-state index contributed by atoms with van der Waals surface area (Å²) in [6.45, 7) is 0. The molecule has 0 fully saturated rings. The second-order valence-corrected chi connectivity index (χ2v) is 8.49. The molecule has 3 nitrogen and oxygen atoms in total. The second kappa shape index (κ2) is 8.34. The van der Waals surface area contributed by atoms with Gasteiger partial charge in [-0.05, 0) is 64.7 Å². The predicted octanol–water partition coefficient (Wildman–Crippen LogP) is 7.86. The third kappa shape index (κ3) is 3.44. The molecule has 35 heavy (non-hydrogen) atoms. The molecule has 1 aromatic heterocycles. The lowest BCUT2D eigenvalue weighted by molar-refractivity contribution is 1.18. The highest BCUT2D eigenvalue weighted by Crippen LogP contribution is 2.37. The highest BCUT2D eigenvalue weighted by Gasteiger charge is 2.15. The van der Waals surface area contributed by atoms with Gasteiger partial charge in [-0.3, -0.25) is 0 Å². The van der Waals surface area contributed by atoms with E-state index < -0.39 is 0 Å². The minimum Gasteiger partial charge on any atom is -0.309 e. The van der Waals surface area contributed by atoms with Crippen LogP contribution in [0.15, 0.2) is 115 Å². The van der Waals surface area contributed by atoms with Gasteiger partial charge >= 0.3 is 0 Å². The van der Waals surface area contributed by atoms with Crippen molar-refractivity contribution < 1.29 is 0 Å². The van der Waals surface area contributed by atoms with Crippen molar-refractivity contribution in [2.24, 2.45) is 0 Å². The zero-order chi connectivity index (χ0) is 23.8. The Balaban J connectivity index is 1.66. The fourth-order valence-electron chi connectivity index (χ4n) is 4.89. The molecule has 5 aromatic carbocycles. The summed E-state index contributed by atoms with van der Waals surface area (Å²) < 4.78 is 2.30. The average Bonchev–Trinajstić information content (AvgIpc) is 3.27. The lowest BCUT2D eigenvalue weighted by atomic mass is 9.92. The van der Waals surface area contributed by atoms with Crippen molar-refractivity contribution >= 4 is 21.8 Å². The van der Waals surface area contributed by atoms with Crippen LogP contribution in [-0.2, 0) is 0 Å². The van der Waals surface area contributed by atoms with Gasteiger partial charge in [-0.15, -0.1) is 0 Å². The average molecular weight is 446 g/mol. The Bertz CT molecular complexity index is 1730. The third-order valence-corrected chi connectivity index (χ3v) is 6.43. The second-order valence-electron chi connectivity index (χ2n) is 8.49. The largest absolute Gasteiger partial charge is 0.309 e. The van der Waals surface area contributed by atoms with E-state index in [2.05, 4.69) is 95.6 Å². The fraction of sp³-hybridized carbons (Fsp3) is 0. The van der Waals surface area contributed by atoms with Gasteiger partial charge in [0.25, 0.3) is 0 Å². The Morgan fingerprint density at radius 1 is 0.486 bits per heavy atom. The summed E-state index contributed by atoms with van der Waals surface area (Å²) in [5, 5.41) is 21.5. The van der Waals surface area contributed by atoms with Crippen molar-refractivity contribution in [3.63, 3.8) is 0 Å². The van der Waals surface area contributed by atoms with Crippen LogP contribution in [0.5, 0.6) is 0 Å². The van der Waals surface area contributed by atoms with E-state index in [4.69, 9.17) is 0 Å². The van der Waals surface area contributed by atoms with Crippen LogP contribution in [-0.4, -0.2) is 4.57 Å². The zero-order valence-corrected chi connectivity index (χ0v) is 18.8. The van der Waals surface area contributed by atoms with Crippen LogP contribution in [0.4, 0.5) is 0 Å². The van der Waals surface area contributed by atoms with Gasteiger partial charge in [0.1, 0.15) is 0 Å². The molecule has 6 rings (SSSR count). The van der Waals surface area contributed by atoms with Gasteiger partial charge in [0, 0.05) is 16.5 Å². The van der Waals surface area contributed by atoms with E-state index in [1.807, 2.05) is 30.3 Å². The molecule has 0 aliphatic heterocycles. The molecule has 0 saturated heterocycles. The number of nitriles is 2. The summed E-state index contributed by atoms with van der Waals surface area (Å²) in [7, 11) is 0. The number of para-hydroxylation sites is 2. The van der Waals surface area contributed by atoms with E-state index in [0.29, 0.717) is 11.1 Å². The Labute approximate surface area is 203 Å². The molecular formula is C32H19N3. The van der Waals surface area contributed by atoms with Crippen LogP contribution >= 0.6 is 0 Å². The van der Waals surface area contributed by atoms with Gasteiger partial charge in [-0.25, -0.2) is 0 Å². The Morgan fingerprint density at radius 3 is 1.66 bits per heavy atom. The first-order chi connectivity index (χ1) is 17.3. The van der Waals surface area contributed by atoms with Crippen molar-refractivity contribution in [3.05, 3.63) is 126 Å². The van der Waals surface area contributed by atoms with Crippen LogP contribution < -0.4 is 0 Å². The molecule has 0 atom stereocenters. The summed E-state index contributed by atoms with van der Waals surface area (Å²) in [6, 6.07) is 43.3. The Hall–Kier alpha value is -5.12. The maximum absolute atomic E-state index is 9.52. The number of rotatable bonds is 3. The zero-order valence-electron chi connectivity index (χ0n) is 18.8. The van der Waals surface area contributed by atoms with Gasteiger partial charge < -0.3 is 4.57 Å². The predicted molar refractivity (Wildman–Crippen MR) is 141 cm³/mol. The molecule has 0 aliphatic carbocycles. The topological polar surface area (TPSA) is 52.5 Å². The number of benzene rings is 5. The van der Waals surface area contributed by atoms with Gasteiger partial charge in [0.15, 0.2) is 0 Å². The first-order valence-electron chi connectivity index (χ1n) is 11.4. The lowest BCUT2D eigenvalue weighted by Gasteiger charge is -2.15.